The second-order valence-electron chi connectivity index (χ2n) is 6.76. The first-order valence-corrected chi connectivity index (χ1v) is 8.29. The molecule has 1 heterocycles. The Morgan fingerprint density at radius 2 is 1.95 bits per heavy atom. The van der Waals surface area contributed by atoms with Crippen molar-refractivity contribution in [2.45, 2.75) is 75.5 Å². The van der Waals surface area contributed by atoms with E-state index in [1.807, 2.05) is 4.90 Å². The van der Waals surface area contributed by atoms with Gasteiger partial charge in [0.1, 0.15) is 5.54 Å². The molecular formula is C16H26N2O3. The van der Waals surface area contributed by atoms with Crippen LogP contribution in [0.3, 0.4) is 0 Å². The van der Waals surface area contributed by atoms with Crippen LogP contribution < -0.4 is 5.32 Å². The van der Waals surface area contributed by atoms with Crippen molar-refractivity contribution in [2.24, 2.45) is 0 Å². The number of rotatable bonds is 2. The number of nitrogens with zero attached hydrogens (tertiary/aromatic N) is 1. The molecule has 0 aromatic heterocycles. The summed E-state index contributed by atoms with van der Waals surface area (Å²) in [5.74, 6) is 0.194. The van der Waals surface area contributed by atoms with Gasteiger partial charge in [-0.1, -0.05) is 12.8 Å². The number of amides is 2. The Kier molecular flexibility index (Phi) is 4.20. The van der Waals surface area contributed by atoms with Gasteiger partial charge < -0.3 is 15.0 Å². The minimum Gasteiger partial charge on any atom is -0.381 e. The van der Waals surface area contributed by atoms with E-state index in [-0.39, 0.29) is 24.0 Å². The lowest BCUT2D eigenvalue weighted by Gasteiger charge is -2.40. The maximum absolute atomic E-state index is 13.1. The molecule has 0 aromatic rings. The van der Waals surface area contributed by atoms with E-state index in [4.69, 9.17) is 4.74 Å². The monoisotopic (exact) mass is 294 g/mol. The maximum atomic E-state index is 13.1. The van der Waals surface area contributed by atoms with E-state index in [1.165, 1.54) is 0 Å². The summed E-state index contributed by atoms with van der Waals surface area (Å²) < 4.78 is 5.50. The van der Waals surface area contributed by atoms with Crippen LogP contribution in [0.5, 0.6) is 0 Å². The van der Waals surface area contributed by atoms with E-state index in [9.17, 15) is 9.59 Å². The minimum absolute atomic E-state index is 0.0341. The molecule has 1 spiro atoms. The molecule has 2 unspecified atom stereocenters. The van der Waals surface area contributed by atoms with Crippen molar-refractivity contribution >= 4 is 11.8 Å². The SMILES string of the molecule is COC1CCCC(N2CCC(=O)NC3(CCCC3)C2=O)C1. The van der Waals surface area contributed by atoms with Gasteiger partial charge in [-0.15, -0.1) is 0 Å². The summed E-state index contributed by atoms with van der Waals surface area (Å²) in [5.41, 5.74) is -0.604. The van der Waals surface area contributed by atoms with Crippen molar-refractivity contribution in [1.82, 2.24) is 10.2 Å². The average Bonchev–Trinajstić information content (AvgIpc) is 2.92. The van der Waals surface area contributed by atoms with Gasteiger partial charge in [-0.05, 0) is 38.5 Å². The Bertz CT molecular complexity index is 418. The van der Waals surface area contributed by atoms with Crippen molar-refractivity contribution < 1.29 is 14.3 Å². The van der Waals surface area contributed by atoms with Gasteiger partial charge in [0.25, 0.3) is 0 Å². The third-order valence-electron chi connectivity index (χ3n) is 5.46. The molecule has 5 heteroatoms. The second kappa shape index (κ2) is 5.95. The van der Waals surface area contributed by atoms with Gasteiger partial charge in [0.15, 0.2) is 0 Å². The van der Waals surface area contributed by atoms with Crippen molar-refractivity contribution in [3.05, 3.63) is 0 Å². The zero-order valence-corrected chi connectivity index (χ0v) is 12.9. The highest BCUT2D eigenvalue weighted by Crippen LogP contribution is 2.35. The number of hydrogen-bond acceptors (Lipinski definition) is 3. The van der Waals surface area contributed by atoms with Crippen LogP contribution in [-0.2, 0) is 14.3 Å². The third kappa shape index (κ3) is 2.80. The molecule has 3 aliphatic rings. The zero-order chi connectivity index (χ0) is 14.9. The van der Waals surface area contributed by atoms with Gasteiger partial charge in [0, 0.05) is 26.1 Å². The largest absolute Gasteiger partial charge is 0.381 e. The molecule has 2 amide bonds. The lowest BCUT2D eigenvalue weighted by Crippen LogP contribution is -2.57. The first-order valence-electron chi connectivity index (χ1n) is 8.29. The number of methoxy groups -OCH3 is 1. The number of carbonyl (C=O) groups excluding carboxylic acids is 2. The van der Waals surface area contributed by atoms with Crippen molar-refractivity contribution in [1.29, 1.82) is 0 Å². The third-order valence-corrected chi connectivity index (χ3v) is 5.46. The Morgan fingerprint density at radius 1 is 1.19 bits per heavy atom. The Hall–Kier alpha value is -1.10. The van der Waals surface area contributed by atoms with Crippen LogP contribution in [0.4, 0.5) is 0 Å². The van der Waals surface area contributed by atoms with Gasteiger partial charge in [-0.25, -0.2) is 0 Å². The lowest BCUT2D eigenvalue weighted by atomic mass is 9.89. The molecule has 21 heavy (non-hydrogen) atoms. The highest BCUT2D eigenvalue weighted by molar-refractivity contribution is 5.94. The number of hydrogen-bond donors (Lipinski definition) is 1. The molecular weight excluding hydrogens is 268 g/mol. The van der Waals surface area contributed by atoms with E-state index < -0.39 is 5.54 Å². The predicted octanol–water partition coefficient (Wildman–Crippen LogP) is 1.61. The van der Waals surface area contributed by atoms with E-state index in [0.29, 0.717) is 13.0 Å². The van der Waals surface area contributed by atoms with Crippen molar-refractivity contribution in [3.63, 3.8) is 0 Å². The molecule has 2 atom stereocenters. The van der Waals surface area contributed by atoms with Gasteiger partial charge in [0.2, 0.25) is 11.8 Å². The highest BCUT2D eigenvalue weighted by Gasteiger charge is 2.48. The smallest absolute Gasteiger partial charge is 0.248 e. The highest BCUT2D eigenvalue weighted by atomic mass is 16.5. The normalized spacial score (nSPS) is 33.1. The van der Waals surface area contributed by atoms with E-state index in [0.717, 1.165) is 51.4 Å². The second-order valence-corrected chi connectivity index (χ2v) is 6.76. The molecule has 5 nitrogen and oxygen atoms in total. The van der Waals surface area contributed by atoms with Crippen LogP contribution in [0, 0.1) is 0 Å². The Balaban J connectivity index is 1.80. The summed E-state index contributed by atoms with van der Waals surface area (Å²) in [7, 11) is 1.75. The molecule has 1 N–H and O–H groups in total. The topological polar surface area (TPSA) is 58.6 Å². The van der Waals surface area contributed by atoms with Gasteiger partial charge in [-0.2, -0.15) is 0 Å². The fourth-order valence-electron chi connectivity index (χ4n) is 4.26. The molecule has 2 aliphatic carbocycles. The van der Waals surface area contributed by atoms with Crippen LogP contribution in [-0.4, -0.2) is 48.1 Å². The summed E-state index contributed by atoms with van der Waals surface area (Å²) in [6, 6.07) is 0.237. The molecule has 118 valence electrons. The summed E-state index contributed by atoms with van der Waals surface area (Å²) in [4.78, 5) is 27.1. The Labute approximate surface area is 126 Å². The minimum atomic E-state index is -0.604. The summed E-state index contributed by atoms with van der Waals surface area (Å²) in [6.07, 6.45) is 8.48. The molecule has 1 saturated heterocycles. The number of nitrogens with one attached hydrogen (secondary N) is 1. The summed E-state index contributed by atoms with van der Waals surface area (Å²) >= 11 is 0. The van der Waals surface area contributed by atoms with E-state index in [2.05, 4.69) is 5.32 Å². The molecule has 0 radical (unpaired) electrons. The predicted molar refractivity (Wildman–Crippen MR) is 78.7 cm³/mol. The molecule has 1 aliphatic heterocycles. The molecule has 2 saturated carbocycles. The first kappa shape index (κ1) is 14.8. The van der Waals surface area contributed by atoms with Crippen LogP contribution >= 0.6 is 0 Å². The van der Waals surface area contributed by atoms with E-state index in [1.54, 1.807) is 7.11 Å². The van der Waals surface area contributed by atoms with Crippen molar-refractivity contribution in [2.75, 3.05) is 13.7 Å². The molecule has 3 rings (SSSR count). The molecule has 0 aromatic carbocycles. The Morgan fingerprint density at radius 3 is 2.67 bits per heavy atom. The maximum Gasteiger partial charge on any atom is 0.248 e. The van der Waals surface area contributed by atoms with Crippen molar-refractivity contribution in [3.8, 4) is 0 Å². The number of ether oxygens (including phenoxy) is 1. The van der Waals surface area contributed by atoms with Crippen LogP contribution in [0.1, 0.15) is 57.8 Å². The number of carbonyl (C=O) groups is 2. The lowest BCUT2D eigenvalue weighted by molar-refractivity contribution is -0.142. The molecule has 3 fully saturated rings. The zero-order valence-electron chi connectivity index (χ0n) is 12.9. The summed E-state index contributed by atoms with van der Waals surface area (Å²) in [5, 5.41) is 3.04. The van der Waals surface area contributed by atoms with Gasteiger partial charge >= 0.3 is 0 Å². The quantitative estimate of drug-likeness (QED) is 0.841. The van der Waals surface area contributed by atoms with Gasteiger partial charge in [-0.3, -0.25) is 9.59 Å². The standard InChI is InChI=1S/C16H26N2O3/c1-21-13-6-4-5-12(11-13)18-10-7-14(19)17-16(15(18)20)8-2-3-9-16/h12-13H,2-11H2,1H3,(H,17,19). The fourth-order valence-corrected chi connectivity index (χ4v) is 4.26. The molecule has 0 bridgehead atoms. The van der Waals surface area contributed by atoms with Crippen LogP contribution in [0.25, 0.3) is 0 Å². The van der Waals surface area contributed by atoms with Crippen LogP contribution in [0.15, 0.2) is 0 Å². The van der Waals surface area contributed by atoms with Gasteiger partial charge in [0.05, 0.1) is 6.10 Å². The fraction of sp³-hybridized carbons (Fsp3) is 0.875. The van der Waals surface area contributed by atoms with E-state index >= 15 is 0 Å². The first-order chi connectivity index (χ1) is 10.1. The summed E-state index contributed by atoms with van der Waals surface area (Å²) in [6.45, 7) is 0.563. The van der Waals surface area contributed by atoms with Crippen LogP contribution in [0.2, 0.25) is 0 Å². The average molecular weight is 294 g/mol.